The number of carbonyl (C=O) groups is 2. The number of hydrogen-bond donors (Lipinski definition) is 0. The molecule has 1 aliphatic carbocycles. The maximum atomic E-state index is 12.7. The van der Waals surface area contributed by atoms with Crippen LogP contribution in [0.5, 0.6) is 0 Å². The first-order valence-electron chi connectivity index (χ1n) is 9.56. The minimum Gasteiger partial charge on any atom is -0.469 e. The zero-order chi connectivity index (χ0) is 20.2. The van der Waals surface area contributed by atoms with E-state index < -0.39 is 5.60 Å². The summed E-state index contributed by atoms with van der Waals surface area (Å²) in [4.78, 5) is 27.1. The summed E-state index contributed by atoms with van der Waals surface area (Å²) in [6.07, 6.45) is 4.36. The molecule has 4 rings (SSSR count). The Kier molecular flexibility index (Phi) is 4.34. The predicted molar refractivity (Wildman–Crippen MR) is 107 cm³/mol. The molecule has 2 atom stereocenters. The van der Waals surface area contributed by atoms with Crippen LogP contribution in [0.3, 0.4) is 0 Å². The van der Waals surface area contributed by atoms with Crippen LogP contribution in [0.2, 0.25) is 0 Å². The first kappa shape index (κ1) is 18.7. The highest BCUT2D eigenvalue weighted by molar-refractivity contribution is 6.02. The molecule has 0 bridgehead atoms. The van der Waals surface area contributed by atoms with Gasteiger partial charge >= 0.3 is 12.1 Å². The molecule has 0 fully saturated rings. The second-order valence-corrected chi connectivity index (χ2v) is 8.62. The highest BCUT2D eigenvalue weighted by atomic mass is 16.6. The van der Waals surface area contributed by atoms with Crippen LogP contribution in [-0.2, 0) is 20.7 Å². The summed E-state index contributed by atoms with van der Waals surface area (Å²) < 4.78 is 12.2. The van der Waals surface area contributed by atoms with Crippen LogP contribution < -0.4 is 0 Å². The Hall–Kier alpha value is -2.60. The third kappa shape index (κ3) is 3.02. The predicted octanol–water partition coefficient (Wildman–Crippen LogP) is 3.47. The van der Waals surface area contributed by atoms with Gasteiger partial charge in [0.25, 0.3) is 0 Å². The average molecular weight is 382 g/mol. The van der Waals surface area contributed by atoms with E-state index in [1.165, 1.54) is 7.11 Å². The Bertz CT molecular complexity index is 996. The number of hydrogen-bond acceptors (Lipinski definition) is 5. The molecule has 28 heavy (non-hydrogen) atoms. The van der Waals surface area contributed by atoms with Crippen molar-refractivity contribution in [3.8, 4) is 0 Å². The Morgan fingerprint density at radius 1 is 1.21 bits per heavy atom. The molecule has 1 aromatic carbocycles. The van der Waals surface area contributed by atoms with E-state index in [0.29, 0.717) is 6.54 Å². The maximum absolute atomic E-state index is 12.7. The minimum atomic E-state index is -0.559. The number of nitrogens with zero attached hydrogens (tertiary/aromatic N) is 2. The first-order chi connectivity index (χ1) is 13.2. The van der Waals surface area contributed by atoms with E-state index in [-0.39, 0.29) is 24.0 Å². The van der Waals surface area contributed by atoms with Gasteiger partial charge < -0.3 is 9.47 Å². The van der Waals surface area contributed by atoms with Gasteiger partial charge in [0.05, 0.1) is 18.5 Å². The molecule has 0 radical (unpaired) electrons. The molecule has 6 nitrogen and oxygen atoms in total. The normalized spacial score (nSPS) is 21.8. The highest BCUT2D eigenvalue weighted by Crippen LogP contribution is 2.41. The number of aromatic nitrogens is 1. The number of methoxy groups -OCH3 is 1. The Morgan fingerprint density at radius 3 is 2.64 bits per heavy atom. The van der Waals surface area contributed by atoms with Gasteiger partial charge in [-0.1, -0.05) is 18.2 Å². The van der Waals surface area contributed by atoms with Gasteiger partial charge in [-0.2, -0.15) is 0 Å². The van der Waals surface area contributed by atoms with Crippen molar-refractivity contribution in [1.82, 2.24) is 9.47 Å². The van der Waals surface area contributed by atoms with Crippen LogP contribution in [0.4, 0.5) is 4.79 Å². The quantitative estimate of drug-likeness (QED) is 0.707. The van der Waals surface area contributed by atoms with Gasteiger partial charge in [0.2, 0.25) is 0 Å². The molecule has 0 N–H and O–H groups in total. The average Bonchev–Trinajstić information content (AvgIpc) is 3.00. The largest absolute Gasteiger partial charge is 0.469 e. The van der Waals surface area contributed by atoms with Crippen molar-refractivity contribution in [1.29, 1.82) is 0 Å². The number of rotatable bonds is 1. The minimum absolute atomic E-state index is 0.175. The molecule has 6 heteroatoms. The van der Waals surface area contributed by atoms with E-state index in [9.17, 15) is 9.59 Å². The SMILES string of the molecule is COC(=O)[C@H]1C=C2c3cccc4c3c(cn4C(=O)OC(C)(C)C)C[C@H]2N(C)C1. The fourth-order valence-electron chi connectivity index (χ4n) is 4.32. The number of fused-ring (bicyclic) bond motifs is 2. The monoisotopic (exact) mass is 382 g/mol. The van der Waals surface area contributed by atoms with Crippen LogP contribution in [0.1, 0.15) is 31.9 Å². The fourth-order valence-corrected chi connectivity index (χ4v) is 4.32. The summed E-state index contributed by atoms with van der Waals surface area (Å²) in [5, 5.41) is 1.06. The number of ether oxygens (including phenoxy) is 2. The molecular formula is C22H26N2O4. The third-order valence-corrected chi connectivity index (χ3v) is 5.48. The Morgan fingerprint density at radius 2 is 1.96 bits per heavy atom. The van der Waals surface area contributed by atoms with E-state index in [1.807, 2.05) is 52.2 Å². The van der Waals surface area contributed by atoms with Gasteiger partial charge in [-0.25, -0.2) is 4.79 Å². The Balaban J connectivity index is 1.84. The van der Waals surface area contributed by atoms with Crippen molar-refractivity contribution in [2.24, 2.45) is 5.92 Å². The van der Waals surface area contributed by atoms with Gasteiger partial charge in [-0.15, -0.1) is 0 Å². The smallest absolute Gasteiger partial charge is 0.419 e. The summed E-state index contributed by atoms with van der Waals surface area (Å²) in [6.45, 7) is 6.21. The van der Waals surface area contributed by atoms with E-state index in [1.54, 1.807) is 4.57 Å². The lowest BCUT2D eigenvalue weighted by Crippen LogP contribution is -2.44. The lowest BCUT2D eigenvalue weighted by Gasteiger charge is -2.39. The van der Waals surface area contributed by atoms with Crippen molar-refractivity contribution >= 4 is 28.5 Å². The van der Waals surface area contributed by atoms with E-state index in [2.05, 4.69) is 11.0 Å². The van der Waals surface area contributed by atoms with Crippen LogP contribution in [0.25, 0.3) is 16.5 Å². The molecule has 0 saturated heterocycles. The first-order valence-corrected chi connectivity index (χ1v) is 9.56. The van der Waals surface area contributed by atoms with Crippen molar-refractivity contribution < 1.29 is 19.1 Å². The van der Waals surface area contributed by atoms with Crippen LogP contribution in [0.15, 0.2) is 30.5 Å². The molecule has 0 unspecified atom stereocenters. The van der Waals surface area contributed by atoms with Gasteiger partial charge in [-0.05, 0) is 57.0 Å². The maximum Gasteiger partial charge on any atom is 0.419 e. The lowest BCUT2D eigenvalue weighted by atomic mass is 9.80. The van der Waals surface area contributed by atoms with Crippen molar-refractivity contribution in [2.75, 3.05) is 20.7 Å². The summed E-state index contributed by atoms with van der Waals surface area (Å²) in [5.74, 6) is -0.506. The van der Waals surface area contributed by atoms with E-state index in [4.69, 9.17) is 9.47 Å². The summed E-state index contributed by atoms with van der Waals surface area (Å²) in [7, 11) is 3.46. The van der Waals surface area contributed by atoms with Crippen LogP contribution in [0, 0.1) is 5.92 Å². The zero-order valence-corrected chi connectivity index (χ0v) is 17.0. The van der Waals surface area contributed by atoms with Gasteiger partial charge in [-0.3, -0.25) is 14.3 Å². The molecular weight excluding hydrogens is 356 g/mol. The van der Waals surface area contributed by atoms with Crippen LogP contribution >= 0.6 is 0 Å². The fraction of sp³-hybridized carbons (Fsp3) is 0.455. The zero-order valence-electron chi connectivity index (χ0n) is 17.0. The second-order valence-electron chi connectivity index (χ2n) is 8.62. The third-order valence-electron chi connectivity index (χ3n) is 5.48. The number of likely N-dealkylation sites (N-methyl/N-ethyl adjacent to an activating group) is 1. The van der Waals surface area contributed by atoms with Crippen LogP contribution in [-0.4, -0.2) is 53.9 Å². The topological polar surface area (TPSA) is 60.8 Å². The molecule has 2 aromatic rings. The molecule has 2 aliphatic rings. The number of esters is 1. The highest BCUT2D eigenvalue weighted by Gasteiger charge is 2.37. The molecule has 0 saturated carbocycles. The molecule has 148 valence electrons. The van der Waals surface area contributed by atoms with Crippen molar-refractivity contribution in [3.05, 3.63) is 41.6 Å². The molecule has 1 aliphatic heterocycles. The second kappa shape index (κ2) is 6.48. The summed E-state index contributed by atoms with van der Waals surface area (Å²) >= 11 is 0. The molecule has 2 heterocycles. The van der Waals surface area contributed by atoms with Crippen molar-refractivity contribution in [3.63, 3.8) is 0 Å². The van der Waals surface area contributed by atoms with E-state index >= 15 is 0 Å². The van der Waals surface area contributed by atoms with Gasteiger partial charge in [0.1, 0.15) is 5.60 Å². The molecule has 0 spiro atoms. The lowest BCUT2D eigenvalue weighted by molar-refractivity contribution is -0.144. The standard InChI is InChI=1S/C22H26N2O4/c1-22(2,3)28-21(26)24-12-13-10-18-16(15-7-6-8-17(24)19(13)15)9-14(11-23(18)4)20(25)27-5/h6-9,12,14,18H,10-11H2,1-5H3/t14-,18+/m0/s1. The number of benzene rings is 1. The Labute approximate surface area is 164 Å². The van der Waals surface area contributed by atoms with Gasteiger partial charge in [0.15, 0.2) is 0 Å². The van der Waals surface area contributed by atoms with E-state index in [0.717, 1.165) is 34.0 Å². The number of carbonyl (C=O) groups excluding carboxylic acids is 2. The summed E-state index contributed by atoms with van der Waals surface area (Å²) in [5.41, 5.74) is 3.61. The van der Waals surface area contributed by atoms with Crippen molar-refractivity contribution in [2.45, 2.75) is 38.8 Å². The molecule has 0 amide bonds. The van der Waals surface area contributed by atoms with Gasteiger partial charge in [0, 0.05) is 24.2 Å². The molecule has 1 aromatic heterocycles. The summed E-state index contributed by atoms with van der Waals surface area (Å²) in [6, 6.07) is 6.13.